The summed E-state index contributed by atoms with van der Waals surface area (Å²) < 4.78 is 5.99. The summed E-state index contributed by atoms with van der Waals surface area (Å²) in [5.74, 6) is 1.20. The summed E-state index contributed by atoms with van der Waals surface area (Å²) in [5, 5.41) is 32.5. The average Bonchev–Trinajstić information content (AvgIpc) is 2.80. The van der Waals surface area contributed by atoms with Gasteiger partial charge in [0.15, 0.2) is 11.5 Å². The molecule has 34 heavy (non-hydrogen) atoms. The van der Waals surface area contributed by atoms with Crippen LogP contribution in [-0.4, -0.2) is 15.3 Å². The van der Waals surface area contributed by atoms with Crippen LogP contribution in [0, 0.1) is 34.6 Å². The molecule has 0 saturated carbocycles. The van der Waals surface area contributed by atoms with Gasteiger partial charge in [0.05, 0.1) is 17.1 Å². The highest BCUT2D eigenvalue weighted by atomic mass is 16.5. The fraction of sp³-hybridized carbons (Fsp3) is 0.172. The van der Waals surface area contributed by atoms with Crippen LogP contribution in [0.2, 0.25) is 0 Å². The van der Waals surface area contributed by atoms with Crippen LogP contribution in [0.15, 0.2) is 66.7 Å². The maximum atomic E-state index is 11.1. The van der Waals surface area contributed by atoms with E-state index in [2.05, 4.69) is 0 Å². The van der Waals surface area contributed by atoms with Crippen molar-refractivity contribution >= 4 is 17.1 Å². The Hall–Kier alpha value is -4.12. The minimum Gasteiger partial charge on any atom is -0.505 e. The summed E-state index contributed by atoms with van der Waals surface area (Å²) in [4.78, 5) is 1.86. The Morgan fingerprint density at radius 2 is 1.18 bits per heavy atom. The Morgan fingerprint density at radius 1 is 0.618 bits per heavy atom. The van der Waals surface area contributed by atoms with Crippen molar-refractivity contribution in [2.75, 3.05) is 4.90 Å². The Morgan fingerprint density at radius 3 is 1.74 bits per heavy atom. The largest absolute Gasteiger partial charge is 0.505 e. The van der Waals surface area contributed by atoms with Crippen molar-refractivity contribution in [1.29, 1.82) is 0 Å². The van der Waals surface area contributed by atoms with Gasteiger partial charge in [-0.2, -0.15) is 0 Å². The van der Waals surface area contributed by atoms with E-state index in [1.54, 1.807) is 18.2 Å². The van der Waals surface area contributed by atoms with Crippen LogP contribution >= 0.6 is 0 Å². The number of benzene rings is 4. The van der Waals surface area contributed by atoms with E-state index in [-0.39, 0.29) is 17.2 Å². The van der Waals surface area contributed by atoms with E-state index in [1.807, 2.05) is 88.0 Å². The minimum atomic E-state index is 0.0570. The van der Waals surface area contributed by atoms with Gasteiger partial charge in [-0.1, -0.05) is 36.4 Å². The molecule has 0 atom stereocenters. The lowest BCUT2D eigenvalue weighted by atomic mass is 10.0. The first-order valence-corrected chi connectivity index (χ1v) is 11.1. The third-order valence-electron chi connectivity index (χ3n) is 5.97. The summed E-state index contributed by atoms with van der Waals surface area (Å²) in [5.41, 5.74) is 5.95. The highest BCUT2D eigenvalue weighted by Crippen LogP contribution is 2.49. The molecule has 5 nitrogen and oxygen atoms in total. The van der Waals surface area contributed by atoms with Crippen LogP contribution in [0.3, 0.4) is 0 Å². The lowest BCUT2D eigenvalue weighted by molar-refractivity contribution is 0.411. The van der Waals surface area contributed by atoms with E-state index in [0.717, 1.165) is 27.8 Å². The van der Waals surface area contributed by atoms with Crippen LogP contribution in [-0.2, 0) is 0 Å². The maximum Gasteiger partial charge on any atom is 0.169 e. The molecule has 5 heteroatoms. The van der Waals surface area contributed by atoms with Gasteiger partial charge < -0.3 is 25.0 Å². The number of hydrogen-bond acceptors (Lipinski definition) is 5. The number of hydrogen-bond donors (Lipinski definition) is 3. The second kappa shape index (κ2) is 9.02. The van der Waals surface area contributed by atoms with Gasteiger partial charge in [0.1, 0.15) is 17.2 Å². The molecule has 0 aliphatic carbocycles. The summed E-state index contributed by atoms with van der Waals surface area (Å²) >= 11 is 0. The highest BCUT2D eigenvalue weighted by Gasteiger charge is 2.25. The van der Waals surface area contributed by atoms with E-state index < -0.39 is 0 Å². The van der Waals surface area contributed by atoms with Gasteiger partial charge in [-0.05, 0) is 86.7 Å². The zero-order valence-corrected chi connectivity index (χ0v) is 20.0. The SMILES string of the molecule is Cc1ccc(Oc2cccc(N(c3c(C)ccc(C)c3O)c3c(C)ccc(C)c3O)c2)c(O)c1. The third kappa shape index (κ3) is 4.25. The zero-order chi connectivity index (χ0) is 24.6. The molecule has 4 aromatic carbocycles. The van der Waals surface area contributed by atoms with E-state index in [4.69, 9.17) is 4.74 Å². The smallest absolute Gasteiger partial charge is 0.169 e. The molecule has 0 aromatic heterocycles. The van der Waals surface area contributed by atoms with E-state index in [9.17, 15) is 15.3 Å². The Kier molecular flexibility index (Phi) is 6.12. The average molecular weight is 456 g/mol. The zero-order valence-electron chi connectivity index (χ0n) is 20.0. The van der Waals surface area contributed by atoms with Crippen LogP contribution in [0.5, 0.6) is 28.7 Å². The van der Waals surface area contributed by atoms with Gasteiger partial charge in [0.25, 0.3) is 0 Å². The first kappa shape index (κ1) is 23.1. The van der Waals surface area contributed by atoms with E-state index >= 15 is 0 Å². The van der Waals surface area contributed by atoms with Gasteiger partial charge in [-0.25, -0.2) is 0 Å². The molecular formula is C29H29NO4. The molecule has 4 rings (SSSR count). The number of phenolic OH excluding ortho intramolecular Hbond substituents is 3. The standard InChI is InChI=1S/C29H29NO4/c1-17-9-14-25(24(31)15-17)34-23-8-6-7-22(16-23)30(26-18(2)10-12-20(4)28(26)32)27-19(3)11-13-21(5)29(27)33/h6-16,31-33H,1-5H3. The number of phenols is 3. The van der Waals surface area contributed by atoms with Crippen molar-refractivity contribution < 1.29 is 20.1 Å². The molecule has 0 spiro atoms. The molecule has 0 unspecified atom stereocenters. The predicted molar refractivity (Wildman–Crippen MR) is 136 cm³/mol. The molecule has 174 valence electrons. The fourth-order valence-corrected chi connectivity index (χ4v) is 4.02. The number of ether oxygens (including phenoxy) is 1. The summed E-state index contributed by atoms with van der Waals surface area (Å²) in [7, 11) is 0. The number of aryl methyl sites for hydroxylation is 5. The second-order valence-corrected chi connectivity index (χ2v) is 8.70. The first-order chi connectivity index (χ1) is 16.2. The normalized spacial score (nSPS) is 10.9. The van der Waals surface area contributed by atoms with Gasteiger partial charge in [-0.3, -0.25) is 0 Å². The van der Waals surface area contributed by atoms with Crippen molar-refractivity contribution in [3.8, 4) is 28.7 Å². The topological polar surface area (TPSA) is 73.2 Å². The molecule has 0 radical (unpaired) electrons. The molecule has 0 bridgehead atoms. The lowest BCUT2D eigenvalue weighted by Gasteiger charge is -2.30. The van der Waals surface area contributed by atoms with Gasteiger partial charge in [0.2, 0.25) is 0 Å². The molecule has 0 heterocycles. The van der Waals surface area contributed by atoms with E-state index in [0.29, 0.717) is 28.6 Å². The summed E-state index contributed by atoms with van der Waals surface area (Å²) in [6, 6.07) is 20.2. The predicted octanol–water partition coefficient (Wildman–Crippen LogP) is 7.61. The van der Waals surface area contributed by atoms with Crippen LogP contribution in [0.4, 0.5) is 17.1 Å². The quantitative estimate of drug-likeness (QED) is 0.289. The van der Waals surface area contributed by atoms with Crippen molar-refractivity contribution in [2.24, 2.45) is 0 Å². The van der Waals surface area contributed by atoms with E-state index in [1.165, 1.54) is 0 Å². The van der Waals surface area contributed by atoms with Crippen molar-refractivity contribution in [3.63, 3.8) is 0 Å². The fourth-order valence-electron chi connectivity index (χ4n) is 4.02. The van der Waals surface area contributed by atoms with Gasteiger partial charge >= 0.3 is 0 Å². The molecule has 4 aromatic rings. The molecule has 0 aliphatic heterocycles. The van der Waals surface area contributed by atoms with Crippen molar-refractivity contribution in [3.05, 3.63) is 94.5 Å². The Labute approximate surface area is 200 Å². The Balaban J connectivity index is 1.92. The second-order valence-electron chi connectivity index (χ2n) is 8.70. The molecule has 0 aliphatic rings. The lowest BCUT2D eigenvalue weighted by Crippen LogP contribution is -2.14. The van der Waals surface area contributed by atoms with Crippen LogP contribution in [0.25, 0.3) is 0 Å². The number of nitrogens with zero attached hydrogens (tertiary/aromatic N) is 1. The highest BCUT2D eigenvalue weighted by molar-refractivity contribution is 5.87. The van der Waals surface area contributed by atoms with Crippen LogP contribution < -0.4 is 9.64 Å². The molecule has 0 saturated heterocycles. The third-order valence-corrected chi connectivity index (χ3v) is 5.97. The van der Waals surface area contributed by atoms with Crippen molar-refractivity contribution in [1.82, 2.24) is 0 Å². The monoisotopic (exact) mass is 455 g/mol. The van der Waals surface area contributed by atoms with Gasteiger partial charge in [0, 0.05) is 6.07 Å². The molecule has 0 amide bonds. The van der Waals surface area contributed by atoms with Crippen LogP contribution in [0.1, 0.15) is 27.8 Å². The molecule has 0 fully saturated rings. The van der Waals surface area contributed by atoms with Gasteiger partial charge in [-0.15, -0.1) is 0 Å². The number of rotatable bonds is 5. The summed E-state index contributed by atoms with van der Waals surface area (Å²) in [6.45, 7) is 9.44. The molecule has 3 N–H and O–H groups in total. The summed E-state index contributed by atoms with van der Waals surface area (Å²) in [6.07, 6.45) is 0. The molecular weight excluding hydrogens is 426 g/mol. The maximum absolute atomic E-state index is 11.1. The minimum absolute atomic E-state index is 0.0570. The first-order valence-electron chi connectivity index (χ1n) is 11.1. The van der Waals surface area contributed by atoms with Crippen molar-refractivity contribution in [2.45, 2.75) is 34.6 Å². The number of anilines is 3. The Bertz CT molecular complexity index is 1320. The number of aromatic hydroxyl groups is 3.